The Morgan fingerprint density at radius 2 is 1.59 bits per heavy atom. The average Bonchev–Trinajstić information content (AvgIpc) is 2.73. The first-order valence-corrected chi connectivity index (χ1v) is 9.69. The van der Waals surface area contributed by atoms with Crippen LogP contribution in [0.4, 0.5) is 8.78 Å². The maximum absolute atomic E-state index is 14.4. The summed E-state index contributed by atoms with van der Waals surface area (Å²) < 4.78 is 34.5. The van der Waals surface area contributed by atoms with E-state index in [1.165, 1.54) is 5.56 Å². The van der Waals surface area contributed by atoms with E-state index in [0.717, 1.165) is 25.3 Å². The van der Waals surface area contributed by atoms with Crippen molar-refractivity contribution < 1.29 is 18.3 Å². The Kier molecular flexibility index (Phi) is 6.76. The second-order valence-corrected chi connectivity index (χ2v) is 7.19. The zero-order valence-electron chi connectivity index (χ0n) is 16.4. The highest BCUT2D eigenvalue weighted by atomic mass is 19.3. The van der Waals surface area contributed by atoms with Crippen LogP contribution in [0, 0.1) is 0 Å². The van der Waals surface area contributed by atoms with E-state index in [2.05, 4.69) is 12.1 Å². The fraction of sp³-hybridized carbons (Fsp3) is 0.240. The number of hydrogen-bond donors (Lipinski definition) is 0. The van der Waals surface area contributed by atoms with Gasteiger partial charge in [-0.1, -0.05) is 72.8 Å². The Hall–Kier alpha value is -3.01. The summed E-state index contributed by atoms with van der Waals surface area (Å²) in [4.78, 5) is 11.2. The third-order valence-corrected chi connectivity index (χ3v) is 4.79. The lowest BCUT2D eigenvalue weighted by Gasteiger charge is -2.26. The first-order chi connectivity index (χ1) is 14.0. The lowest BCUT2D eigenvalue weighted by molar-refractivity contribution is -0.0829. The van der Waals surface area contributed by atoms with Gasteiger partial charge in [0.15, 0.2) is 6.10 Å². The van der Waals surface area contributed by atoms with Gasteiger partial charge in [-0.2, -0.15) is 0 Å². The van der Waals surface area contributed by atoms with E-state index in [0.29, 0.717) is 29.6 Å². The maximum Gasteiger partial charge on any atom is 0.285 e. The van der Waals surface area contributed by atoms with Crippen LogP contribution < -0.4 is 4.74 Å². The molecular formula is C25H24F2O2. The van der Waals surface area contributed by atoms with Crippen LogP contribution in [0.25, 0.3) is 0 Å². The number of carbonyl (C=O) groups is 1. The molecule has 0 radical (unpaired) electrons. The minimum Gasteiger partial charge on any atom is -0.479 e. The highest BCUT2D eigenvalue weighted by Crippen LogP contribution is 2.37. The van der Waals surface area contributed by atoms with Gasteiger partial charge in [0.1, 0.15) is 12.0 Å². The van der Waals surface area contributed by atoms with Gasteiger partial charge in [-0.15, -0.1) is 0 Å². The van der Waals surface area contributed by atoms with E-state index in [4.69, 9.17) is 4.74 Å². The summed E-state index contributed by atoms with van der Waals surface area (Å²) in [5.41, 5.74) is 2.84. The molecule has 0 N–H and O–H groups in total. The van der Waals surface area contributed by atoms with E-state index in [1.54, 1.807) is 48.5 Å². The molecule has 0 fully saturated rings. The number of hydrogen-bond acceptors (Lipinski definition) is 2. The summed E-state index contributed by atoms with van der Waals surface area (Å²) in [6, 6.07) is 23.6. The maximum atomic E-state index is 14.4. The lowest BCUT2D eigenvalue weighted by atomic mass is 10.0. The molecule has 0 aromatic heterocycles. The monoisotopic (exact) mass is 394 g/mol. The fourth-order valence-electron chi connectivity index (χ4n) is 3.31. The Morgan fingerprint density at radius 1 is 0.931 bits per heavy atom. The van der Waals surface area contributed by atoms with E-state index in [-0.39, 0.29) is 0 Å². The predicted molar refractivity (Wildman–Crippen MR) is 111 cm³/mol. The average molecular weight is 394 g/mol. The molecule has 0 saturated carbocycles. The number of ether oxygens (including phenoxy) is 1. The van der Waals surface area contributed by atoms with Gasteiger partial charge in [-0.25, -0.2) is 8.78 Å². The van der Waals surface area contributed by atoms with E-state index >= 15 is 0 Å². The number of carbonyl (C=O) groups excluding carboxylic acids is 1. The first-order valence-electron chi connectivity index (χ1n) is 9.69. The minimum atomic E-state index is -3.08. The highest BCUT2D eigenvalue weighted by Gasteiger charge is 2.38. The van der Waals surface area contributed by atoms with Crippen molar-refractivity contribution in [2.45, 2.75) is 38.2 Å². The summed E-state index contributed by atoms with van der Waals surface area (Å²) in [6.07, 6.45) is 1.65. The van der Waals surface area contributed by atoms with Gasteiger partial charge in [0, 0.05) is 12.5 Å². The van der Waals surface area contributed by atoms with E-state index in [1.807, 2.05) is 18.2 Å². The molecule has 1 atom stereocenters. The Labute approximate surface area is 170 Å². The molecule has 0 aliphatic carbocycles. The van der Waals surface area contributed by atoms with Crippen molar-refractivity contribution in [3.05, 3.63) is 101 Å². The predicted octanol–water partition coefficient (Wildman–Crippen LogP) is 6.45. The molecule has 0 aliphatic rings. The largest absolute Gasteiger partial charge is 0.479 e. The zero-order chi connectivity index (χ0) is 20.7. The smallest absolute Gasteiger partial charge is 0.285 e. The molecule has 0 bridgehead atoms. The Balaban J connectivity index is 1.83. The van der Waals surface area contributed by atoms with Crippen molar-refractivity contribution in [1.29, 1.82) is 0 Å². The summed E-state index contributed by atoms with van der Waals surface area (Å²) in [5, 5.41) is 0. The number of rotatable bonds is 9. The molecule has 4 heteroatoms. The van der Waals surface area contributed by atoms with Crippen LogP contribution in [-0.2, 0) is 12.8 Å². The van der Waals surface area contributed by atoms with E-state index in [9.17, 15) is 13.6 Å². The normalized spacial score (nSPS) is 12.4. The van der Waals surface area contributed by atoms with Gasteiger partial charge in [0.2, 0.25) is 0 Å². The highest BCUT2D eigenvalue weighted by molar-refractivity contribution is 5.75. The summed E-state index contributed by atoms with van der Waals surface area (Å²) >= 11 is 0. The van der Waals surface area contributed by atoms with Gasteiger partial charge in [0.05, 0.1) is 0 Å². The lowest BCUT2D eigenvalue weighted by Crippen LogP contribution is -2.27. The molecule has 3 aromatic rings. The van der Waals surface area contributed by atoms with Crippen molar-refractivity contribution in [2.75, 3.05) is 0 Å². The molecule has 3 rings (SSSR count). The van der Waals surface area contributed by atoms with Gasteiger partial charge in [-0.3, -0.25) is 4.79 Å². The van der Waals surface area contributed by atoms with Crippen LogP contribution in [0.2, 0.25) is 0 Å². The Bertz CT molecular complexity index is 919. The summed E-state index contributed by atoms with van der Waals surface area (Å²) in [5.74, 6) is -2.75. The molecular weight excluding hydrogens is 370 g/mol. The topological polar surface area (TPSA) is 26.3 Å². The summed E-state index contributed by atoms with van der Waals surface area (Å²) in [7, 11) is 0. The quantitative estimate of drug-likeness (QED) is 0.390. The van der Waals surface area contributed by atoms with Crippen LogP contribution in [0.5, 0.6) is 5.75 Å². The molecule has 2 nitrogen and oxygen atoms in total. The number of aldehydes is 1. The number of benzene rings is 3. The van der Waals surface area contributed by atoms with Crippen molar-refractivity contribution in [3.8, 4) is 5.75 Å². The van der Waals surface area contributed by atoms with Crippen molar-refractivity contribution >= 4 is 6.29 Å². The molecule has 150 valence electrons. The van der Waals surface area contributed by atoms with Gasteiger partial charge < -0.3 is 4.74 Å². The first kappa shape index (κ1) is 20.7. The van der Waals surface area contributed by atoms with Crippen LogP contribution in [0.3, 0.4) is 0 Å². The molecule has 0 unspecified atom stereocenters. The number of alkyl halides is 2. The third-order valence-electron chi connectivity index (χ3n) is 4.79. The van der Waals surface area contributed by atoms with Crippen LogP contribution >= 0.6 is 0 Å². The zero-order valence-corrected chi connectivity index (χ0v) is 16.4. The Morgan fingerprint density at radius 3 is 2.21 bits per heavy atom. The number of aryl methyl sites for hydroxylation is 2. The van der Waals surface area contributed by atoms with Gasteiger partial charge in [0.25, 0.3) is 5.92 Å². The second kappa shape index (κ2) is 9.46. The standard InChI is InChI=1S/C25H24F2O2/c1-25(26,27)24(22-12-6-3-7-13-22)29-23-17-20(18-28)15-16-21(23)14-8-11-19-9-4-2-5-10-19/h2-7,9-10,12-13,15-18,24H,8,11,14H2,1H3/t24-/m1/s1. The molecule has 0 spiro atoms. The summed E-state index contributed by atoms with van der Waals surface area (Å²) in [6.45, 7) is 0.851. The molecule has 3 aromatic carbocycles. The van der Waals surface area contributed by atoms with Crippen molar-refractivity contribution in [1.82, 2.24) is 0 Å². The van der Waals surface area contributed by atoms with E-state index < -0.39 is 12.0 Å². The molecule has 0 heterocycles. The van der Waals surface area contributed by atoms with Crippen molar-refractivity contribution in [3.63, 3.8) is 0 Å². The molecule has 0 saturated heterocycles. The molecule has 29 heavy (non-hydrogen) atoms. The third kappa shape index (κ3) is 5.74. The SMILES string of the molecule is CC(F)(F)[C@H](Oc1cc(C=O)ccc1CCCc1ccccc1)c1ccccc1. The fourth-order valence-corrected chi connectivity index (χ4v) is 3.31. The second-order valence-electron chi connectivity index (χ2n) is 7.19. The van der Waals surface area contributed by atoms with Crippen molar-refractivity contribution in [2.24, 2.45) is 0 Å². The molecule has 0 aliphatic heterocycles. The van der Waals surface area contributed by atoms with Crippen LogP contribution in [-0.4, -0.2) is 12.2 Å². The minimum absolute atomic E-state index is 0.332. The van der Waals surface area contributed by atoms with Gasteiger partial charge in [-0.05, 0) is 42.0 Å². The molecule has 0 amide bonds. The number of halogens is 2. The van der Waals surface area contributed by atoms with Crippen LogP contribution in [0.15, 0.2) is 78.9 Å². The van der Waals surface area contributed by atoms with Gasteiger partial charge >= 0.3 is 0 Å². The van der Waals surface area contributed by atoms with Crippen LogP contribution in [0.1, 0.15) is 46.5 Å².